The Morgan fingerprint density at radius 1 is 0.567 bits per heavy atom. The average molecular weight is 385 g/mol. The van der Waals surface area contributed by atoms with Crippen LogP contribution in [-0.4, -0.2) is 14.5 Å². The van der Waals surface area contributed by atoms with Gasteiger partial charge in [0.25, 0.3) is 0 Å². The van der Waals surface area contributed by atoms with Gasteiger partial charge in [0.05, 0.1) is 11.0 Å². The van der Waals surface area contributed by atoms with E-state index in [1.54, 1.807) is 12.4 Å². The molecule has 0 saturated heterocycles. The highest BCUT2D eigenvalue weighted by Gasteiger charge is 2.17. The Balaban J connectivity index is 1.73. The molecule has 0 saturated carbocycles. The van der Waals surface area contributed by atoms with Crippen LogP contribution in [0.1, 0.15) is 0 Å². The standard InChI is InChI=1S/C26H15N3O/c1-2-7-17-13-22-19(12-16(17)6-1)20-15-25-21(18-8-3-4-9-24(18)30-25)14-23(20)29(22)26-27-10-5-11-28-26/h1-15H. The molecular formula is C26H15N3O. The predicted octanol–water partition coefficient (Wildman–Crippen LogP) is 6.63. The summed E-state index contributed by atoms with van der Waals surface area (Å²) in [6.07, 6.45) is 3.57. The number of aromatic nitrogens is 3. The van der Waals surface area contributed by atoms with Crippen LogP contribution in [0.15, 0.2) is 95.7 Å². The third-order valence-electron chi connectivity index (χ3n) is 5.88. The van der Waals surface area contributed by atoms with Gasteiger partial charge in [-0.2, -0.15) is 0 Å². The highest BCUT2D eigenvalue weighted by atomic mass is 16.3. The summed E-state index contributed by atoms with van der Waals surface area (Å²) >= 11 is 0. The van der Waals surface area contributed by atoms with Crippen molar-refractivity contribution in [1.29, 1.82) is 0 Å². The molecule has 4 nitrogen and oxygen atoms in total. The zero-order valence-electron chi connectivity index (χ0n) is 15.9. The molecule has 0 aliphatic rings. The number of hydrogen-bond donors (Lipinski definition) is 0. The lowest BCUT2D eigenvalue weighted by atomic mass is 10.1. The molecule has 0 radical (unpaired) electrons. The number of para-hydroxylation sites is 1. The first-order valence-electron chi connectivity index (χ1n) is 9.92. The summed E-state index contributed by atoms with van der Waals surface area (Å²) in [5.41, 5.74) is 3.96. The lowest BCUT2D eigenvalue weighted by Crippen LogP contribution is -1.99. The second kappa shape index (κ2) is 5.67. The van der Waals surface area contributed by atoms with Gasteiger partial charge in [-0.1, -0.05) is 42.5 Å². The fraction of sp³-hybridized carbons (Fsp3) is 0. The molecular weight excluding hydrogens is 370 g/mol. The summed E-state index contributed by atoms with van der Waals surface area (Å²) in [5.74, 6) is 0.667. The van der Waals surface area contributed by atoms with Gasteiger partial charge in [0.15, 0.2) is 0 Å². The topological polar surface area (TPSA) is 43.9 Å². The van der Waals surface area contributed by atoms with Crippen molar-refractivity contribution >= 4 is 54.5 Å². The van der Waals surface area contributed by atoms with Gasteiger partial charge in [-0.15, -0.1) is 0 Å². The van der Waals surface area contributed by atoms with Crippen molar-refractivity contribution in [3.8, 4) is 5.95 Å². The molecule has 4 heteroatoms. The number of benzene rings is 4. The molecule has 3 heterocycles. The molecule has 0 bridgehead atoms. The Bertz CT molecular complexity index is 1740. The van der Waals surface area contributed by atoms with Crippen LogP contribution in [0, 0.1) is 0 Å². The zero-order valence-corrected chi connectivity index (χ0v) is 15.9. The number of fused-ring (bicyclic) bond motifs is 7. The van der Waals surface area contributed by atoms with Gasteiger partial charge in [-0.05, 0) is 47.2 Å². The SMILES string of the molecule is c1cnc(-n2c3cc4ccccc4cc3c3cc4oc5ccccc5c4cc32)nc1. The minimum Gasteiger partial charge on any atom is -0.456 e. The fourth-order valence-electron chi connectivity index (χ4n) is 4.54. The number of furan rings is 1. The molecule has 3 aromatic heterocycles. The van der Waals surface area contributed by atoms with Crippen LogP contribution < -0.4 is 0 Å². The first-order valence-corrected chi connectivity index (χ1v) is 9.92. The van der Waals surface area contributed by atoms with E-state index in [9.17, 15) is 0 Å². The van der Waals surface area contributed by atoms with Crippen molar-refractivity contribution in [2.45, 2.75) is 0 Å². The third-order valence-corrected chi connectivity index (χ3v) is 5.88. The highest BCUT2D eigenvalue weighted by Crippen LogP contribution is 2.38. The number of nitrogens with zero attached hydrogens (tertiary/aromatic N) is 3. The fourth-order valence-corrected chi connectivity index (χ4v) is 4.54. The predicted molar refractivity (Wildman–Crippen MR) is 121 cm³/mol. The van der Waals surface area contributed by atoms with Gasteiger partial charge >= 0.3 is 0 Å². The van der Waals surface area contributed by atoms with E-state index in [0.717, 1.165) is 38.4 Å². The number of hydrogen-bond acceptors (Lipinski definition) is 3. The molecule has 30 heavy (non-hydrogen) atoms. The van der Waals surface area contributed by atoms with Crippen molar-refractivity contribution in [3.63, 3.8) is 0 Å². The molecule has 0 atom stereocenters. The molecule has 0 aliphatic heterocycles. The smallest absolute Gasteiger partial charge is 0.234 e. The van der Waals surface area contributed by atoms with E-state index in [-0.39, 0.29) is 0 Å². The van der Waals surface area contributed by atoms with Crippen molar-refractivity contribution in [2.24, 2.45) is 0 Å². The maximum absolute atomic E-state index is 6.17. The second-order valence-corrected chi connectivity index (χ2v) is 7.56. The quantitative estimate of drug-likeness (QED) is 0.319. The minimum absolute atomic E-state index is 0.667. The first kappa shape index (κ1) is 15.7. The van der Waals surface area contributed by atoms with Crippen LogP contribution in [0.2, 0.25) is 0 Å². The van der Waals surface area contributed by atoms with E-state index in [4.69, 9.17) is 4.42 Å². The van der Waals surface area contributed by atoms with E-state index in [1.807, 2.05) is 24.3 Å². The van der Waals surface area contributed by atoms with E-state index < -0.39 is 0 Å². The van der Waals surface area contributed by atoms with Crippen molar-refractivity contribution in [2.75, 3.05) is 0 Å². The zero-order chi connectivity index (χ0) is 19.7. The molecule has 0 aliphatic carbocycles. The van der Waals surface area contributed by atoms with Crippen molar-refractivity contribution in [1.82, 2.24) is 14.5 Å². The summed E-state index contributed by atoms with van der Waals surface area (Å²) in [7, 11) is 0. The molecule has 7 aromatic rings. The highest BCUT2D eigenvalue weighted by molar-refractivity contribution is 6.18. The molecule has 0 unspecified atom stereocenters. The summed E-state index contributed by atoms with van der Waals surface area (Å²) in [5, 5.41) is 6.92. The Morgan fingerprint density at radius 3 is 2.13 bits per heavy atom. The van der Waals surface area contributed by atoms with Crippen LogP contribution in [0.4, 0.5) is 0 Å². The van der Waals surface area contributed by atoms with Gasteiger partial charge in [0.1, 0.15) is 11.2 Å². The third kappa shape index (κ3) is 2.05. The summed E-state index contributed by atoms with van der Waals surface area (Å²) in [6.45, 7) is 0. The summed E-state index contributed by atoms with van der Waals surface area (Å²) < 4.78 is 8.32. The van der Waals surface area contributed by atoms with Crippen molar-refractivity contribution < 1.29 is 4.42 Å². The first-order chi connectivity index (χ1) is 14.9. The van der Waals surface area contributed by atoms with Gasteiger partial charge in [0.2, 0.25) is 5.95 Å². The molecule has 0 spiro atoms. The minimum atomic E-state index is 0.667. The molecule has 4 aromatic carbocycles. The van der Waals surface area contributed by atoms with E-state index in [0.29, 0.717) is 5.95 Å². The largest absolute Gasteiger partial charge is 0.456 e. The lowest BCUT2D eigenvalue weighted by molar-refractivity contribution is 0.669. The van der Waals surface area contributed by atoms with Crippen LogP contribution in [0.3, 0.4) is 0 Å². The van der Waals surface area contributed by atoms with Crippen LogP contribution in [0.25, 0.3) is 60.5 Å². The van der Waals surface area contributed by atoms with Gasteiger partial charge in [-0.3, -0.25) is 4.57 Å². The summed E-state index contributed by atoms with van der Waals surface area (Å²) in [4.78, 5) is 9.12. The van der Waals surface area contributed by atoms with Crippen LogP contribution >= 0.6 is 0 Å². The Hall–Kier alpha value is -4.18. The van der Waals surface area contributed by atoms with Crippen LogP contribution in [0.5, 0.6) is 0 Å². The Labute approximate surface area is 171 Å². The molecule has 0 N–H and O–H groups in total. The molecule has 140 valence electrons. The summed E-state index contributed by atoms with van der Waals surface area (Å²) in [6, 6.07) is 27.3. The Morgan fingerprint density at radius 2 is 1.27 bits per heavy atom. The van der Waals surface area contributed by atoms with Gasteiger partial charge in [0, 0.05) is 33.9 Å². The van der Waals surface area contributed by atoms with Crippen LogP contribution in [-0.2, 0) is 0 Å². The second-order valence-electron chi connectivity index (χ2n) is 7.56. The Kier molecular flexibility index (Phi) is 2.97. The molecule has 0 fully saturated rings. The van der Waals surface area contributed by atoms with Gasteiger partial charge < -0.3 is 4.42 Å². The maximum Gasteiger partial charge on any atom is 0.234 e. The van der Waals surface area contributed by atoms with Crippen molar-refractivity contribution in [3.05, 3.63) is 91.3 Å². The normalized spacial score (nSPS) is 12.0. The molecule has 7 rings (SSSR count). The number of rotatable bonds is 1. The monoisotopic (exact) mass is 385 g/mol. The van der Waals surface area contributed by atoms with E-state index in [1.165, 1.54) is 16.2 Å². The van der Waals surface area contributed by atoms with E-state index >= 15 is 0 Å². The molecule has 0 amide bonds. The average Bonchev–Trinajstić information content (AvgIpc) is 3.31. The maximum atomic E-state index is 6.17. The van der Waals surface area contributed by atoms with E-state index in [2.05, 4.69) is 69.1 Å². The van der Waals surface area contributed by atoms with Gasteiger partial charge in [-0.25, -0.2) is 9.97 Å². The lowest BCUT2D eigenvalue weighted by Gasteiger charge is -2.06.